The van der Waals surface area contributed by atoms with Crippen molar-refractivity contribution in [3.63, 3.8) is 0 Å². The molecule has 1 aliphatic heterocycles. The molecule has 0 aromatic heterocycles. The predicted octanol–water partition coefficient (Wildman–Crippen LogP) is -1.20. The Morgan fingerprint density at radius 2 is 2.17 bits per heavy atom. The van der Waals surface area contributed by atoms with E-state index in [9.17, 15) is 13.2 Å². The molecule has 106 valence electrons. The summed E-state index contributed by atoms with van der Waals surface area (Å²) in [5.74, 6) is -0.153. The first-order valence-corrected chi connectivity index (χ1v) is 7.55. The van der Waals surface area contributed by atoms with Gasteiger partial charge >= 0.3 is 0 Å². The van der Waals surface area contributed by atoms with Gasteiger partial charge in [0, 0.05) is 20.7 Å². The van der Waals surface area contributed by atoms with E-state index in [1.807, 2.05) is 0 Å². The number of hydrogen-bond acceptors (Lipinski definition) is 5. The topological polar surface area (TPSA) is 84.9 Å². The molecule has 0 unspecified atom stereocenters. The molecule has 1 amide bonds. The molecule has 18 heavy (non-hydrogen) atoms. The van der Waals surface area contributed by atoms with E-state index in [4.69, 9.17) is 9.47 Å². The van der Waals surface area contributed by atoms with Crippen LogP contribution < -0.4 is 4.72 Å². The third-order valence-corrected chi connectivity index (χ3v) is 3.31. The number of amides is 1. The Kier molecular flexibility index (Phi) is 5.51. The van der Waals surface area contributed by atoms with Gasteiger partial charge < -0.3 is 14.4 Å². The molecule has 0 saturated carbocycles. The number of nitrogens with zero attached hydrogens (tertiary/aromatic N) is 1. The van der Waals surface area contributed by atoms with Crippen LogP contribution >= 0.6 is 0 Å². The Hall–Kier alpha value is -0.700. The van der Waals surface area contributed by atoms with Gasteiger partial charge in [-0.3, -0.25) is 4.79 Å². The third-order valence-electron chi connectivity index (χ3n) is 2.58. The highest BCUT2D eigenvalue weighted by molar-refractivity contribution is 7.88. The van der Waals surface area contributed by atoms with Gasteiger partial charge in [-0.05, 0) is 6.42 Å². The van der Waals surface area contributed by atoms with Gasteiger partial charge in [0.05, 0.1) is 25.0 Å². The number of carbonyl (C=O) groups is 1. The van der Waals surface area contributed by atoms with E-state index in [1.165, 1.54) is 4.90 Å². The summed E-state index contributed by atoms with van der Waals surface area (Å²) in [4.78, 5) is 12.8. The molecule has 2 atom stereocenters. The van der Waals surface area contributed by atoms with E-state index in [0.717, 1.165) is 6.26 Å². The smallest absolute Gasteiger partial charge is 0.248 e. The molecule has 0 aromatic rings. The molecule has 1 aliphatic rings. The Morgan fingerprint density at radius 1 is 1.50 bits per heavy atom. The van der Waals surface area contributed by atoms with Crippen molar-refractivity contribution in [2.24, 2.45) is 0 Å². The molecule has 0 spiro atoms. The van der Waals surface area contributed by atoms with E-state index >= 15 is 0 Å². The number of hydrogen-bond donors (Lipinski definition) is 1. The van der Waals surface area contributed by atoms with Crippen molar-refractivity contribution in [1.29, 1.82) is 0 Å². The van der Waals surface area contributed by atoms with Gasteiger partial charge in [0.1, 0.15) is 6.61 Å². The molecule has 7 nitrogen and oxygen atoms in total. The van der Waals surface area contributed by atoms with Gasteiger partial charge in [0.2, 0.25) is 15.9 Å². The highest BCUT2D eigenvalue weighted by Gasteiger charge is 2.29. The predicted molar refractivity (Wildman–Crippen MR) is 65.6 cm³/mol. The van der Waals surface area contributed by atoms with Crippen molar-refractivity contribution in [2.75, 3.05) is 40.2 Å². The molecule has 8 heteroatoms. The molecule has 1 rings (SSSR count). The van der Waals surface area contributed by atoms with Crippen LogP contribution in [0.15, 0.2) is 0 Å². The second kappa shape index (κ2) is 6.46. The molecule has 0 radical (unpaired) electrons. The van der Waals surface area contributed by atoms with E-state index in [2.05, 4.69) is 4.72 Å². The molecule has 1 heterocycles. The van der Waals surface area contributed by atoms with Crippen LogP contribution in [0.2, 0.25) is 0 Å². The van der Waals surface area contributed by atoms with Crippen LogP contribution in [0, 0.1) is 0 Å². The summed E-state index contributed by atoms with van der Waals surface area (Å²) in [6, 6.07) is -0.441. The molecule has 0 aliphatic carbocycles. The lowest BCUT2D eigenvalue weighted by Gasteiger charge is -2.31. The van der Waals surface area contributed by atoms with Gasteiger partial charge in [-0.1, -0.05) is 0 Å². The Bertz CT molecular complexity index is 382. The SMILES string of the molecule is CN(C)C(=O)CO[C@@H]1CCOC[C@@H]1NS(C)(=O)=O. The zero-order valence-electron chi connectivity index (χ0n) is 10.9. The number of sulfonamides is 1. The summed E-state index contributed by atoms with van der Waals surface area (Å²) in [7, 11) is -0.0353. The Balaban J connectivity index is 2.52. The number of nitrogens with one attached hydrogen (secondary N) is 1. The molecule has 1 N–H and O–H groups in total. The maximum absolute atomic E-state index is 11.4. The Labute approximate surface area is 107 Å². The van der Waals surface area contributed by atoms with Gasteiger partial charge in [0.15, 0.2) is 0 Å². The second-order valence-electron chi connectivity index (χ2n) is 4.50. The van der Waals surface area contributed by atoms with Crippen LogP contribution in [0.1, 0.15) is 6.42 Å². The molecule has 0 bridgehead atoms. The summed E-state index contributed by atoms with van der Waals surface area (Å²) in [6.07, 6.45) is 1.31. The quantitative estimate of drug-likeness (QED) is 0.683. The largest absolute Gasteiger partial charge is 0.380 e. The summed E-state index contributed by atoms with van der Waals surface area (Å²) >= 11 is 0. The lowest BCUT2D eigenvalue weighted by atomic mass is 10.1. The van der Waals surface area contributed by atoms with Crippen LogP contribution in [0.3, 0.4) is 0 Å². The normalized spacial score (nSPS) is 24.8. The third kappa shape index (κ3) is 5.30. The average molecular weight is 280 g/mol. The zero-order valence-corrected chi connectivity index (χ0v) is 11.7. The van der Waals surface area contributed by atoms with E-state index in [-0.39, 0.29) is 25.2 Å². The van der Waals surface area contributed by atoms with Crippen molar-refractivity contribution in [2.45, 2.75) is 18.6 Å². The highest BCUT2D eigenvalue weighted by atomic mass is 32.2. The van der Waals surface area contributed by atoms with Gasteiger partial charge in [-0.25, -0.2) is 13.1 Å². The fourth-order valence-corrected chi connectivity index (χ4v) is 2.38. The van der Waals surface area contributed by atoms with E-state index < -0.39 is 16.1 Å². The summed E-state index contributed by atoms with van der Waals surface area (Å²) in [5.41, 5.74) is 0. The van der Waals surface area contributed by atoms with Crippen LogP contribution in [-0.4, -0.2) is 71.5 Å². The molecular formula is C10H20N2O5S. The van der Waals surface area contributed by atoms with Crippen molar-refractivity contribution in [1.82, 2.24) is 9.62 Å². The number of likely N-dealkylation sites (N-methyl/N-ethyl adjacent to an activating group) is 1. The Morgan fingerprint density at radius 3 is 2.72 bits per heavy atom. The highest BCUT2D eigenvalue weighted by Crippen LogP contribution is 2.12. The monoisotopic (exact) mass is 280 g/mol. The van der Waals surface area contributed by atoms with Crippen LogP contribution in [0.5, 0.6) is 0 Å². The second-order valence-corrected chi connectivity index (χ2v) is 6.28. The van der Waals surface area contributed by atoms with Crippen molar-refractivity contribution in [3.8, 4) is 0 Å². The first-order chi connectivity index (χ1) is 8.29. The number of rotatable bonds is 5. The maximum Gasteiger partial charge on any atom is 0.248 e. The molecule has 1 fully saturated rings. The lowest BCUT2D eigenvalue weighted by molar-refractivity contribution is -0.138. The minimum absolute atomic E-state index is 0.0559. The summed E-state index contributed by atoms with van der Waals surface area (Å²) < 4.78 is 35.5. The average Bonchev–Trinajstić information content (AvgIpc) is 2.25. The van der Waals surface area contributed by atoms with Gasteiger partial charge in [0.25, 0.3) is 0 Å². The van der Waals surface area contributed by atoms with E-state index in [0.29, 0.717) is 13.0 Å². The number of carbonyl (C=O) groups excluding carboxylic acids is 1. The van der Waals surface area contributed by atoms with Crippen LogP contribution in [-0.2, 0) is 24.3 Å². The summed E-state index contributed by atoms with van der Waals surface area (Å²) in [5, 5.41) is 0. The first-order valence-electron chi connectivity index (χ1n) is 5.66. The molecule has 1 saturated heterocycles. The minimum atomic E-state index is -3.32. The van der Waals surface area contributed by atoms with Crippen LogP contribution in [0.4, 0.5) is 0 Å². The first kappa shape index (κ1) is 15.4. The lowest BCUT2D eigenvalue weighted by Crippen LogP contribution is -2.50. The van der Waals surface area contributed by atoms with Crippen molar-refractivity contribution in [3.05, 3.63) is 0 Å². The summed E-state index contributed by atoms with van der Waals surface area (Å²) in [6.45, 7) is 0.705. The van der Waals surface area contributed by atoms with Crippen LogP contribution in [0.25, 0.3) is 0 Å². The zero-order chi connectivity index (χ0) is 13.8. The van der Waals surface area contributed by atoms with Gasteiger partial charge in [-0.15, -0.1) is 0 Å². The maximum atomic E-state index is 11.4. The van der Waals surface area contributed by atoms with Crippen molar-refractivity contribution < 1.29 is 22.7 Å². The standard InChI is InChI=1S/C10H20N2O5S/c1-12(2)10(13)7-17-9-4-5-16-6-8(9)11-18(3,14)15/h8-9,11H,4-7H2,1-3H3/t8-,9+/m0/s1. The number of ether oxygens (including phenoxy) is 2. The fraction of sp³-hybridized carbons (Fsp3) is 0.900. The molecular weight excluding hydrogens is 260 g/mol. The molecule has 0 aromatic carbocycles. The minimum Gasteiger partial charge on any atom is -0.380 e. The van der Waals surface area contributed by atoms with Crippen molar-refractivity contribution >= 4 is 15.9 Å². The van der Waals surface area contributed by atoms with Gasteiger partial charge in [-0.2, -0.15) is 0 Å². The fourth-order valence-electron chi connectivity index (χ4n) is 1.61. The van der Waals surface area contributed by atoms with E-state index in [1.54, 1.807) is 14.1 Å².